The van der Waals surface area contributed by atoms with Crippen molar-refractivity contribution in [3.63, 3.8) is 0 Å². The van der Waals surface area contributed by atoms with Crippen molar-refractivity contribution in [1.82, 2.24) is 24.7 Å². The number of ether oxygens (including phenoxy) is 1. The standard InChI is InChI=1S/C32H49F2N5O3/c1-5-6-7-26-21-38(20-25-8-10-32(33,34)11-9-25)29(41)42-31(26)14-18-39(19-15-31)30(4)12-16-37(17-13-30)28(40)27-23(2)35-22-36-24(27)3/h22,25-26H,5-21H2,1-4H3/t26-/m0/s1. The molecule has 234 valence electrons. The first-order chi connectivity index (χ1) is 20.0. The van der Waals surface area contributed by atoms with Crippen LogP contribution in [-0.4, -0.2) is 93.0 Å². The van der Waals surface area contributed by atoms with Gasteiger partial charge in [0.15, 0.2) is 0 Å². The van der Waals surface area contributed by atoms with Gasteiger partial charge in [-0.25, -0.2) is 23.5 Å². The number of aryl methyl sites for hydroxylation is 2. The Morgan fingerprint density at radius 2 is 1.62 bits per heavy atom. The second-order valence-electron chi connectivity index (χ2n) is 13.7. The third kappa shape index (κ3) is 6.43. The minimum absolute atomic E-state index is 0.0116. The molecule has 4 fully saturated rings. The largest absolute Gasteiger partial charge is 0.442 e. The fraction of sp³-hybridized carbons (Fsp3) is 0.812. The number of likely N-dealkylation sites (tertiary alicyclic amines) is 2. The van der Waals surface area contributed by atoms with Gasteiger partial charge in [0.2, 0.25) is 5.92 Å². The Hall–Kier alpha value is -2.36. The number of hydrogen-bond acceptors (Lipinski definition) is 6. The Morgan fingerprint density at radius 3 is 2.21 bits per heavy atom. The normalized spacial score (nSPS) is 26.3. The van der Waals surface area contributed by atoms with E-state index in [-0.39, 0.29) is 42.2 Å². The van der Waals surface area contributed by atoms with Crippen molar-refractivity contribution in [2.75, 3.05) is 39.3 Å². The van der Waals surface area contributed by atoms with Gasteiger partial charge in [-0.3, -0.25) is 9.69 Å². The van der Waals surface area contributed by atoms with E-state index in [1.807, 2.05) is 23.6 Å². The van der Waals surface area contributed by atoms with E-state index < -0.39 is 11.5 Å². The number of hydrogen-bond donors (Lipinski definition) is 0. The molecular weight excluding hydrogens is 540 g/mol. The summed E-state index contributed by atoms with van der Waals surface area (Å²) in [6, 6.07) is 0. The molecule has 0 bridgehead atoms. The minimum Gasteiger partial charge on any atom is -0.442 e. The fourth-order valence-corrected chi connectivity index (χ4v) is 7.88. The molecule has 0 unspecified atom stereocenters. The zero-order chi connectivity index (χ0) is 30.1. The molecular formula is C32H49F2N5O3. The number of piperidine rings is 2. The molecule has 0 radical (unpaired) electrons. The third-order valence-electron chi connectivity index (χ3n) is 10.9. The van der Waals surface area contributed by atoms with Gasteiger partial charge >= 0.3 is 6.09 Å². The Bertz CT molecular complexity index is 1100. The summed E-state index contributed by atoms with van der Waals surface area (Å²) in [5, 5.41) is 0. The van der Waals surface area contributed by atoms with Crippen LogP contribution in [0.3, 0.4) is 0 Å². The SMILES string of the molecule is CCCC[C@H]1CN(CC2CCC(F)(F)CC2)C(=O)OC12CCN(C1(C)CCN(C(=O)c3c(C)ncnc3C)CC1)CC2. The molecule has 0 N–H and O–H groups in total. The predicted molar refractivity (Wildman–Crippen MR) is 157 cm³/mol. The fourth-order valence-electron chi connectivity index (χ4n) is 7.88. The van der Waals surface area contributed by atoms with Crippen LogP contribution in [0.1, 0.15) is 106 Å². The van der Waals surface area contributed by atoms with E-state index in [1.54, 1.807) is 0 Å². The van der Waals surface area contributed by atoms with Gasteiger partial charge in [0, 0.05) is 76.4 Å². The van der Waals surface area contributed by atoms with Crippen molar-refractivity contribution in [3.05, 3.63) is 23.3 Å². The van der Waals surface area contributed by atoms with E-state index in [0.717, 1.165) is 69.4 Å². The average Bonchev–Trinajstić information content (AvgIpc) is 2.95. The molecule has 42 heavy (non-hydrogen) atoms. The van der Waals surface area contributed by atoms with Crippen LogP contribution in [0, 0.1) is 25.7 Å². The van der Waals surface area contributed by atoms with E-state index in [4.69, 9.17) is 4.74 Å². The average molecular weight is 590 g/mol. The van der Waals surface area contributed by atoms with Crippen LogP contribution in [0.25, 0.3) is 0 Å². The van der Waals surface area contributed by atoms with Crippen LogP contribution in [0.15, 0.2) is 6.33 Å². The van der Waals surface area contributed by atoms with Crippen LogP contribution in [0.4, 0.5) is 13.6 Å². The predicted octanol–water partition coefficient (Wildman–Crippen LogP) is 6.01. The number of amides is 2. The topological polar surface area (TPSA) is 78.9 Å². The first kappa shape index (κ1) is 31.1. The molecule has 8 nitrogen and oxygen atoms in total. The van der Waals surface area contributed by atoms with Gasteiger partial charge in [0.25, 0.3) is 5.91 Å². The highest BCUT2D eigenvalue weighted by Gasteiger charge is 2.52. The van der Waals surface area contributed by atoms with Crippen LogP contribution < -0.4 is 0 Å². The summed E-state index contributed by atoms with van der Waals surface area (Å²) in [5.41, 5.74) is 1.60. The molecule has 2 amide bonds. The Morgan fingerprint density at radius 1 is 1.00 bits per heavy atom. The highest BCUT2D eigenvalue weighted by Crippen LogP contribution is 2.44. The van der Waals surface area contributed by atoms with Gasteiger partial charge in [0.1, 0.15) is 11.9 Å². The lowest BCUT2D eigenvalue weighted by Crippen LogP contribution is -2.64. The lowest BCUT2D eigenvalue weighted by molar-refractivity contribution is -0.135. The first-order valence-corrected chi connectivity index (χ1v) is 16.1. The van der Waals surface area contributed by atoms with Gasteiger partial charge in [0.05, 0.1) is 17.0 Å². The Balaban J connectivity index is 1.19. The number of aromatic nitrogens is 2. The van der Waals surface area contributed by atoms with Gasteiger partial charge in [-0.1, -0.05) is 19.8 Å². The number of rotatable bonds is 7. The van der Waals surface area contributed by atoms with Crippen LogP contribution in [0.2, 0.25) is 0 Å². The zero-order valence-electron chi connectivity index (χ0n) is 26.0. The number of alkyl halides is 2. The smallest absolute Gasteiger partial charge is 0.410 e. The Kier molecular flexibility index (Phi) is 9.12. The van der Waals surface area contributed by atoms with E-state index >= 15 is 0 Å². The number of carbonyl (C=O) groups is 2. The molecule has 4 heterocycles. The summed E-state index contributed by atoms with van der Waals surface area (Å²) < 4.78 is 33.7. The zero-order valence-corrected chi connectivity index (χ0v) is 26.0. The van der Waals surface area contributed by atoms with Crippen molar-refractivity contribution in [2.45, 2.75) is 115 Å². The lowest BCUT2D eigenvalue weighted by atomic mass is 9.74. The minimum atomic E-state index is -2.56. The Labute approximate surface area is 249 Å². The highest BCUT2D eigenvalue weighted by atomic mass is 19.3. The van der Waals surface area contributed by atoms with Crippen molar-refractivity contribution in [1.29, 1.82) is 0 Å². The maximum Gasteiger partial charge on any atom is 0.410 e. The number of carbonyl (C=O) groups excluding carboxylic acids is 2. The summed E-state index contributed by atoms with van der Waals surface area (Å²) in [6.07, 6.45) is 8.63. The molecule has 0 aromatic carbocycles. The van der Waals surface area contributed by atoms with Gasteiger partial charge in [-0.15, -0.1) is 0 Å². The molecule has 5 rings (SSSR count). The molecule has 1 aromatic heterocycles. The number of halogens is 2. The summed E-state index contributed by atoms with van der Waals surface area (Å²) >= 11 is 0. The van der Waals surface area contributed by atoms with Gasteiger partial charge < -0.3 is 14.5 Å². The number of nitrogens with zero attached hydrogens (tertiary/aromatic N) is 5. The quantitative estimate of drug-likeness (QED) is 0.388. The van der Waals surface area contributed by atoms with E-state index in [1.165, 1.54) is 6.33 Å². The molecule has 3 saturated heterocycles. The second kappa shape index (κ2) is 12.3. The molecule has 1 spiro atoms. The van der Waals surface area contributed by atoms with Crippen molar-refractivity contribution in [2.24, 2.45) is 11.8 Å². The maximum atomic E-state index is 13.7. The molecule has 3 aliphatic heterocycles. The van der Waals surface area contributed by atoms with Crippen LogP contribution >= 0.6 is 0 Å². The molecule has 10 heteroatoms. The number of unbranched alkanes of at least 4 members (excludes halogenated alkanes) is 1. The molecule has 4 aliphatic rings. The third-order valence-corrected chi connectivity index (χ3v) is 10.9. The molecule has 1 atom stereocenters. The van der Waals surface area contributed by atoms with Crippen LogP contribution in [-0.2, 0) is 4.74 Å². The van der Waals surface area contributed by atoms with Crippen LogP contribution in [0.5, 0.6) is 0 Å². The highest BCUT2D eigenvalue weighted by molar-refractivity contribution is 5.96. The summed E-state index contributed by atoms with van der Waals surface area (Å²) in [4.78, 5) is 41.4. The van der Waals surface area contributed by atoms with Gasteiger partial charge in [-0.05, 0) is 58.8 Å². The summed E-state index contributed by atoms with van der Waals surface area (Å²) in [7, 11) is 0. The monoisotopic (exact) mass is 589 g/mol. The lowest BCUT2D eigenvalue weighted by Gasteiger charge is -2.55. The first-order valence-electron chi connectivity index (χ1n) is 16.1. The molecule has 1 aliphatic carbocycles. The van der Waals surface area contributed by atoms with E-state index in [2.05, 4.69) is 28.7 Å². The van der Waals surface area contributed by atoms with E-state index in [9.17, 15) is 18.4 Å². The van der Waals surface area contributed by atoms with Crippen molar-refractivity contribution >= 4 is 12.0 Å². The maximum absolute atomic E-state index is 13.7. The van der Waals surface area contributed by atoms with Crippen molar-refractivity contribution in [3.8, 4) is 0 Å². The van der Waals surface area contributed by atoms with E-state index in [0.29, 0.717) is 44.6 Å². The summed E-state index contributed by atoms with van der Waals surface area (Å²) in [5.74, 6) is -2.16. The summed E-state index contributed by atoms with van der Waals surface area (Å²) in [6.45, 7) is 12.5. The van der Waals surface area contributed by atoms with Gasteiger partial charge in [-0.2, -0.15) is 0 Å². The second-order valence-corrected chi connectivity index (χ2v) is 13.7. The van der Waals surface area contributed by atoms with Crippen molar-refractivity contribution < 1.29 is 23.1 Å². The molecule has 1 aromatic rings. The molecule has 1 saturated carbocycles.